The van der Waals surface area contributed by atoms with Gasteiger partial charge in [0.25, 0.3) is 0 Å². The summed E-state index contributed by atoms with van der Waals surface area (Å²) in [5, 5.41) is 2.94. The Kier molecular flexibility index (Phi) is 6.20. The number of hydrogen-bond donors (Lipinski definition) is 1. The fourth-order valence-electron chi connectivity index (χ4n) is 3.23. The molecule has 0 aromatic rings. The number of hydrogen-bond acceptors (Lipinski definition) is 3. The molecule has 1 rings (SSSR count). The maximum atomic E-state index is 12.9. The summed E-state index contributed by atoms with van der Waals surface area (Å²) in [7, 11) is 1.65. The molecule has 0 saturated carbocycles. The zero-order chi connectivity index (χ0) is 16.2. The molecule has 0 spiro atoms. The number of nitrogens with zero attached hydrogens (tertiary/aromatic N) is 1. The van der Waals surface area contributed by atoms with Crippen LogP contribution >= 0.6 is 0 Å². The Bertz CT molecular complexity index is 378. The summed E-state index contributed by atoms with van der Waals surface area (Å²) in [6, 6.07) is -0.432. The molecule has 1 heterocycles. The van der Waals surface area contributed by atoms with Gasteiger partial charge < -0.3 is 15.0 Å². The van der Waals surface area contributed by atoms with Crippen molar-refractivity contribution in [3.8, 4) is 0 Å². The van der Waals surface area contributed by atoms with Gasteiger partial charge in [0.2, 0.25) is 11.8 Å². The molecule has 21 heavy (non-hydrogen) atoms. The molecule has 0 radical (unpaired) electrons. The number of amides is 2. The summed E-state index contributed by atoms with van der Waals surface area (Å²) in [4.78, 5) is 27.4. The van der Waals surface area contributed by atoms with Crippen LogP contribution in [0, 0.1) is 5.92 Å². The molecule has 0 bridgehead atoms. The van der Waals surface area contributed by atoms with E-state index in [0.717, 1.165) is 6.42 Å². The van der Waals surface area contributed by atoms with Crippen molar-refractivity contribution in [1.29, 1.82) is 0 Å². The predicted octanol–water partition coefficient (Wildman–Crippen LogP) is 1.95. The average Bonchev–Trinajstić information content (AvgIpc) is 2.46. The smallest absolute Gasteiger partial charge is 0.246 e. The van der Waals surface area contributed by atoms with Crippen LogP contribution in [0.15, 0.2) is 0 Å². The van der Waals surface area contributed by atoms with Gasteiger partial charge in [0, 0.05) is 19.8 Å². The van der Waals surface area contributed by atoms with E-state index in [0.29, 0.717) is 19.4 Å². The third-order valence-electron chi connectivity index (χ3n) is 4.69. The Morgan fingerprint density at radius 3 is 2.24 bits per heavy atom. The first kappa shape index (κ1) is 18.0. The van der Waals surface area contributed by atoms with Gasteiger partial charge in [-0.25, -0.2) is 0 Å². The SMILES string of the molecule is CCC1(CC)C(=O)NC(C(C)C)C(=O)N1C(C)CCOC. The van der Waals surface area contributed by atoms with E-state index in [-0.39, 0.29) is 23.8 Å². The molecule has 0 aromatic heterocycles. The fourth-order valence-corrected chi connectivity index (χ4v) is 3.23. The highest BCUT2D eigenvalue weighted by molar-refractivity contribution is 6.00. The van der Waals surface area contributed by atoms with Gasteiger partial charge in [-0.15, -0.1) is 0 Å². The zero-order valence-electron chi connectivity index (χ0n) is 14.2. The van der Waals surface area contributed by atoms with Crippen LogP contribution in [0.1, 0.15) is 53.9 Å². The standard InChI is InChI=1S/C16H30N2O3/c1-7-16(8-2)15(20)17-13(11(3)4)14(19)18(16)12(5)9-10-21-6/h11-13H,7-10H2,1-6H3,(H,17,20). The average molecular weight is 298 g/mol. The highest BCUT2D eigenvalue weighted by atomic mass is 16.5. The van der Waals surface area contributed by atoms with Crippen LogP contribution < -0.4 is 5.32 Å². The molecule has 2 atom stereocenters. The van der Waals surface area contributed by atoms with Crippen molar-refractivity contribution < 1.29 is 14.3 Å². The van der Waals surface area contributed by atoms with Crippen molar-refractivity contribution in [2.45, 2.75) is 71.5 Å². The molecular weight excluding hydrogens is 268 g/mol. The fraction of sp³-hybridized carbons (Fsp3) is 0.875. The highest BCUT2D eigenvalue weighted by Gasteiger charge is 2.52. The monoisotopic (exact) mass is 298 g/mol. The number of carbonyl (C=O) groups is 2. The minimum Gasteiger partial charge on any atom is -0.385 e. The lowest BCUT2D eigenvalue weighted by atomic mass is 9.82. The first-order chi connectivity index (χ1) is 9.85. The van der Waals surface area contributed by atoms with Gasteiger partial charge in [0.05, 0.1) is 0 Å². The van der Waals surface area contributed by atoms with E-state index in [1.165, 1.54) is 0 Å². The van der Waals surface area contributed by atoms with Crippen LogP contribution in [0.3, 0.4) is 0 Å². The number of methoxy groups -OCH3 is 1. The second-order valence-electron chi connectivity index (χ2n) is 6.27. The third kappa shape index (κ3) is 3.23. The molecule has 0 aromatic carbocycles. The van der Waals surface area contributed by atoms with E-state index in [1.807, 2.05) is 39.5 Å². The number of ether oxygens (including phenoxy) is 1. The molecule has 1 aliphatic rings. The van der Waals surface area contributed by atoms with Crippen LogP contribution in [-0.2, 0) is 14.3 Å². The topological polar surface area (TPSA) is 58.6 Å². The molecule has 122 valence electrons. The van der Waals surface area contributed by atoms with Crippen molar-refractivity contribution in [2.24, 2.45) is 5.92 Å². The summed E-state index contributed by atoms with van der Waals surface area (Å²) >= 11 is 0. The van der Waals surface area contributed by atoms with Crippen molar-refractivity contribution >= 4 is 11.8 Å². The van der Waals surface area contributed by atoms with Crippen LogP contribution in [0.25, 0.3) is 0 Å². The van der Waals surface area contributed by atoms with Gasteiger partial charge in [-0.1, -0.05) is 27.7 Å². The lowest BCUT2D eigenvalue weighted by Crippen LogP contribution is -2.73. The quantitative estimate of drug-likeness (QED) is 0.781. The van der Waals surface area contributed by atoms with E-state index >= 15 is 0 Å². The summed E-state index contributed by atoms with van der Waals surface area (Å²) in [6.45, 7) is 10.5. The Hall–Kier alpha value is -1.10. The first-order valence-corrected chi connectivity index (χ1v) is 7.98. The largest absolute Gasteiger partial charge is 0.385 e. The Morgan fingerprint density at radius 2 is 1.81 bits per heavy atom. The van der Waals surface area contributed by atoms with Crippen LogP contribution in [-0.4, -0.2) is 48.1 Å². The predicted molar refractivity (Wildman–Crippen MR) is 82.9 cm³/mol. The van der Waals surface area contributed by atoms with Crippen molar-refractivity contribution in [3.63, 3.8) is 0 Å². The maximum absolute atomic E-state index is 12.9. The number of carbonyl (C=O) groups excluding carboxylic acids is 2. The molecule has 1 aliphatic heterocycles. The maximum Gasteiger partial charge on any atom is 0.246 e. The van der Waals surface area contributed by atoms with Gasteiger partial charge in [-0.3, -0.25) is 9.59 Å². The van der Waals surface area contributed by atoms with E-state index < -0.39 is 11.6 Å². The van der Waals surface area contributed by atoms with Crippen molar-refractivity contribution in [3.05, 3.63) is 0 Å². The zero-order valence-corrected chi connectivity index (χ0v) is 14.2. The second kappa shape index (κ2) is 7.25. The van der Waals surface area contributed by atoms with E-state index in [2.05, 4.69) is 5.32 Å². The van der Waals surface area contributed by atoms with Crippen LogP contribution in [0.5, 0.6) is 0 Å². The van der Waals surface area contributed by atoms with E-state index in [9.17, 15) is 9.59 Å². The third-order valence-corrected chi connectivity index (χ3v) is 4.69. The minimum atomic E-state index is -0.727. The molecular formula is C16H30N2O3. The Morgan fingerprint density at radius 1 is 1.24 bits per heavy atom. The van der Waals surface area contributed by atoms with Gasteiger partial charge in [-0.2, -0.15) is 0 Å². The number of rotatable bonds is 7. The first-order valence-electron chi connectivity index (χ1n) is 7.98. The number of nitrogens with one attached hydrogen (secondary N) is 1. The van der Waals surface area contributed by atoms with E-state index in [4.69, 9.17) is 4.74 Å². The molecule has 1 fully saturated rings. The van der Waals surface area contributed by atoms with E-state index in [1.54, 1.807) is 7.11 Å². The highest BCUT2D eigenvalue weighted by Crippen LogP contribution is 2.33. The molecule has 1 saturated heterocycles. The van der Waals surface area contributed by atoms with Gasteiger partial charge in [-0.05, 0) is 32.1 Å². The Balaban J connectivity index is 3.17. The molecule has 5 nitrogen and oxygen atoms in total. The van der Waals surface area contributed by atoms with Gasteiger partial charge in [0.15, 0.2) is 0 Å². The molecule has 0 aliphatic carbocycles. The lowest BCUT2D eigenvalue weighted by molar-refractivity contribution is -0.163. The van der Waals surface area contributed by atoms with Crippen LogP contribution in [0.4, 0.5) is 0 Å². The normalized spacial score (nSPS) is 23.4. The number of piperazine rings is 1. The Labute approximate surface area is 128 Å². The summed E-state index contributed by atoms with van der Waals surface area (Å²) in [6.07, 6.45) is 1.99. The van der Waals surface area contributed by atoms with Gasteiger partial charge in [0.1, 0.15) is 11.6 Å². The molecule has 5 heteroatoms. The summed E-state index contributed by atoms with van der Waals surface area (Å²) in [5.41, 5.74) is -0.727. The summed E-state index contributed by atoms with van der Waals surface area (Å²) in [5.74, 6) is 0.109. The second-order valence-corrected chi connectivity index (χ2v) is 6.27. The van der Waals surface area contributed by atoms with Crippen LogP contribution in [0.2, 0.25) is 0 Å². The lowest BCUT2D eigenvalue weighted by Gasteiger charge is -2.51. The van der Waals surface area contributed by atoms with Crippen molar-refractivity contribution in [2.75, 3.05) is 13.7 Å². The minimum absolute atomic E-state index is 0.00958. The van der Waals surface area contributed by atoms with Crippen molar-refractivity contribution in [1.82, 2.24) is 10.2 Å². The molecule has 2 unspecified atom stereocenters. The summed E-state index contributed by atoms with van der Waals surface area (Å²) < 4.78 is 5.14. The van der Waals surface area contributed by atoms with Gasteiger partial charge >= 0.3 is 0 Å². The molecule has 2 amide bonds. The molecule has 1 N–H and O–H groups in total.